The molecule has 2 N–H and O–H groups in total. The number of amides is 1. The van der Waals surface area contributed by atoms with Crippen LogP contribution in [0.2, 0.25) is 0 Å². The van der Waals surface area contributed by atoms with E-state index in [2.05, 4.69) is 4.98 Å². The molecule has 0 radical (unpaired) electrons. The number of hydrogen-bond acceptors (Lipinski definition) is 4. The zero-order chi connectivity index (χ0) is 14.9. The van der Waals surface area contributed by atoms with Gasteiger partial charge in [-0.3, -0.25) is 9.78 Å². The number of rotatable bonds is 3. The van der Waals surface area contributed by atoms with Crippen molar-refractivity contribution in [1.82, 2.24) is 9.88 Å². The Bertz CT molecular complexity index is 647. The molecule has 106 valence electrons. The highest BCUT2D eigenvalue weighted by Gasteiger charge is 2.24. The second-order valence-electron chi connectivity index (χ2n) is 5.51. The van der Waals surface area contributed by atoms with Crippen LogP contribution in [0.1, 0.15) is 24.2 Å². The molecule has 1 amide bonds. The molecule has 0 atom stereocenters. The van der Waals surface area contributed by atoms with Gasteiger partial charge in [-0.2, -0.15) is 0 Å². The minimum atomic E-state index is -0.997. The van der Waals surface area contributed by atoms with Crippen molar-refractivity contribution in [2.24, 2.45) is 0 Å². The summed E-state index contributed by atoms with van der Waals surface area (Å²) in [5.41, 5.74) is -0.143. The van der Waals surface area contributed by atoms with E-state index >= 15 is 0 Å². The molecule has 20 heavy (non-hydrogen) atoms. The molecule has 5 nitrogen and oxygen atoms in total. The maximum absolute atomic E-state index is 12.5. The summed E-state index contributed by atoms with van der Waals surface area (Å²) < 4.78 is 0. The molecular formula is C15H18N2O3. The number of aromatic nitrogens is 1. The fraction of sp³-hybridized carbons (Fsp3) is 0.333. The van der Waals surface area contributed by atoms with Crippen molar-refractivity contribution < 1.29 is 15.0 Å². The predicted octanol–water partition coefficient (Wildman–Crippen LogP) is 1.78. The van der Waals surface area contributed by atoms with Crippen molar-refractivity contribution in [2.75, 3.05) is 13.6 Å². The van der Waals surface area contributed by atoms with Gasteiger partial charge in [-0.1, -0.05) is 18.2 Å². The molecule has 1 aromatic carbocycles. The fourth-order valence-electron chi connectivity index (χ4n) is 2.20. The number of benzene rings is 1. The van der Waals surface area contributed by atoms with Gasteiger partial charge >= 0.3 is 0 Å². The Morgan fingerprint density at radius 3 is 2.65 bits per heavy atom. The average Bonchev–Trinajstić information content (AvgIpc) is 2.36. The lowest BCUT2D eigenvalue weighted by Crippen LogP contribution is -2.39. The quantitative estimate of drug-likeness (QED) is 0.894. The number of hydrogen-bond donors (Lipinski definition) is 2. The third-order valence-electron chi connectivity index (χ3n) is 2.94. The van der Waals surface area contributed by atoms with Gasteiger partial charge in [0.2, 0.25) is 0 Å². The summed E-state index contributed by atoms with van der Waals surface area (Å²) in [7, 11) is 1.59. The second kappa shape index (κ2) is 5.09. The summed E-state index contributed by atoms with van der Waals surface area (Å²) >= 11 is 0. The predicted molar refractivity (Wildman–Crippen MR) is 76.7 cm³/mol. The van der Waals surface area contributed by atoms with E-state index in [0.717, 1.165) is 0 Å². The van der Waals surface area contributed by atoms with Crippen LogP contribution in [0.15, 0.2) is 30.5 Å². The standard InChI is InChI=1S/C15H18N2O3/c1-15(2,20)9-17(3)14(19)13-10-6-4-5-7-11(10)16-8-12(13)18/h4-8,18,20H,9H2,1-3H3. The van der Waals surface area contributed by atoms with Crippen molar-refractivity contribution in [3.8, 4) is 5.75 Å². The highest BCUT2D eigenvalue weighted by atomic mass is 16.3. The van der Waals surface area contributed by atoms with Gasteiger partial charge in [-0.05, 0) is 19.9 Å². The Morgan fingerprint density at radius 2 is 2.00 bits per heavy atom. The summed E-state index contributed by atoms with van der Waals surface area (Å²) in [4.78, 5) is 18.0. The summed E-state index contributed by atoms with van der Waals surface area (Å²) in [6.07, 6.45) is 1.27. The molecule has 0 spiro atoms. The summed E-state index contributed by atoms with van der Waals surface area (Å²) in [5.74, 6) is -0.500. The molecule has 2 rings (SSSR count). The molecule has 0 saturated heterocycles. The summed E-state index contributed by atoms with van der Waals surface area (Å²) in [6, 6.07) is 7.13. The number of fused-ring (bicyclic) bond motifs is 1. The van der Waals surface area contributed by atoms with Crippen molar-refractivity contribution >= 4 is 16.8 Å². The van der Waals surface area contributed by atoms with E-state index in [1.54, 1.807) is 39.1 Å². The second-order valence-corrected chi connectivity index (χ2v) is 5.51. The van der Waals surface area contributed by atoms with Gasteiger partial charge in [0.05, 0.1) is 22.9 Å². The van der Waals surface area contributed by atoms with E-state index in [1.807, 2.05) is 6.07 Å². The molecule has 0 saturated carbocycles. The number of para-hydroxylation sites is 1. The third-order valence-corrected chi connectivity index (χ3v) is 2.94. The molecule has 0 aliphatic rings. The van der Waals surface area contributed by atoms with Crippen LogP contribution in [0, 0.1) is 0 Å². The first-order chi connectivity index (χ1) is 9.29. The van der Waals surface area contributed by atoms with Gasteiger partial charge in [0.15, 0.2) is 0 Å². The van der Waals surface area contributed by atoms with E-state index in [9.17, 15) is 15.0 Å². The highest BCUT2D eigenvalue weighted by Crippen LogP contribution is 2.26. The molecule has 0 unspecified atom stereocenters. The number of carbonyl (C=O) groups excluding carboxylic acids is 1. The normalized spacial score (nSPS) is 11.6. The Labute approximate surface area is 117 Å². The van der Waals surface area contributed by atoms with Gasteiger partial charge < -0.3 is 15.1 Å². The lowest BCUT2D eigenvalue weighted by Gasteiger charge is -2.26. The topological polar surface area (TPSA) is 73.7 Å². The van der Waals surface area contributed by atoms with Gasteiger partial charge in [-0.25, -0.2) is 0 Å². The molecule has 5 heteroatoms. The number of likely N-dealkylation sites (N-methyl/N-ethyl adjacent to an activating group) is 1. The zero-order valence-corrected chi connectivity index (χ0v) is 11.8. The largest absolute Gasteiger partial charge is 0.505 e. The van der Waals surface area contributed by atoms with Crippen LogP contribution in [0.25, 0.3) is 10.9 Å². The lowest BCUT2D eigenvalue weighted by molar-refractivity contribution is 0.0367. The summed E-state index contributed by atoms with van der Waals surface area (Å²) in [5, 5.41) is 20.3. The van der Waals surface area contributed by atoms with Crippen molar-refractivity contribution in [2.45, 2.75) is 19.4 Å². The van der Waals surface area contributed by atoms with Gasteiger partial charge in [0.1, 0.15) is 5.75 Å². The first-order valence-electron chi connectivity index (χ1n) is 6.34. The lowest BCUT2D eigenvalue weighted by atomic mass is 10.1. The number of carbonyl (C=O) groups is 1. The van der Waals surface area contributed by atoms with E-state index in [0.29, 0.717) is 10.9 Å². The molecule has 0 aliphatic carbocycles. The van der Waals surface area contributed by atoms with Crippen LogP contribution in [0.3, 0.4) is 0 Å². The molecule has 1 aromatic heterocycles. The van der Waals surface area contributed by atoms with Gasteiger partial charge in [0.25, 0.3) is 5.91 Å². The Hall–Kier alpha value is -2.14. The Balaban J connectivity index is 2.46. The third kappa shape index (κ3) is 2.88. The van der Waals surface area contributed by atoms with E-state index in [1.165, 1.54) is 11.1 Å². The SMILES string of the molecule is CN(CC(C)(C)O)C(=O)c1c(O)cnc2ccccc12. The number of aliphatic hydroxyl groups is 1. The monoisotopic (exact) mass is 274 g/mol. The Morgan fingerprint density at radius 1 is 1.35 bits per heavy atom. The van der Waals surface area contributed by atoms with E-state index in [4.69, 9.17) is 0 Å². The number of nitrogens with zero attached hydrogens (tertiary/aromatic N) is 2. The first-order valence-corrected chi connectivity index (χ1v) is 6.34. The van der Waals surface area contributed by atoms with Crippen molar-refractivity contribution in [1.29, 1.82) is 0 Å². The minimum Gasteiger partial charge on any atom is -0.505 e. The number of aromatic hydroxyl groups is 1. The smallest absolute Gasteiger partial charge is 0.258 e. The van der Waals surface area contributed by atoms with Crippen LogP contribution in [0.5, 0.6) is 5.75 Å². The minimum absolute atomic E-state index is 0.156. The van der Waals surface area contributed by atoms with Crippen LogP contribution in [-0.2, 0) is 0 Å². The summed E-state index contributed by atoms with van der Waals surface area (Å²) in [6.45, 7) is 3.42. The molecular weight excluding hydrogens is 256 g/mol. The van der Waals surface area contributed by atoms with Crippen LogP contribution >= 0.6 is 0 Å². The van der Waals surface area contributed by atoms with Crippen molar-refractivity contribution in [3.63, 3.8) is 0 Å². The molecule has 0 aliphatic heterocycles. The average molecular weight is 274 g/mol. The Kier molecular flexibility index (Phi) is 3.63. The number of pyridine rings is 1. The maximum atomic E-state index is 12.5. The maximum Gasteiger partial charge on any atom is 0.258 e. The van der Waals surface area contributed by atoms with Gasteiger partial charge in [0, 0.05) is 19.0 Å². The molecule has 2 aromatic rings. The van der Waals surface area contributed by atoms with Crippen molar-refractivity contribution in [3.05, 3.63) is 36.0 Å². The van der Waals surface area contributed by atoms with Gasteiger partial charge in [-0.15, -0.1) is 0 Å². The highest BCUT2D eigenvalue weighted by molar-refractivity contribution is 6.08. The molecule has 0 bridgehead atoms. The van der Waals surface area contributed by atoms with E-state index < -0.39 is 5.60 Å². The zero-order valence-electron chi connectivity index (χ0n) is 11.8. The van der Waals surface area contributed by atoms with Crippen LogP contribution in [0.4, 0.5) is 0 Å². The molecule has 0 fully saturated rings. The van der Waals surface area contributed by atoms with Crippen LogP contribution in [-0.4, -0.2) is 45.2 Å². The van der Waals surface area contributed by atoms with E-state index in [-0.39, 0.29) is 23.8 Å². The fourth-order valence-corrected chi connectivity index (χ4v) is 2.20. The molecule has 1 heterocycles. The first kappa shape index (κ1) is 14.3. The van der Waals surface area contributed by atoms with Crippen LogP contribution < -0.4 is 0 Å².